The third kappa shape index (κ3) is 4.13. The van der Waals surface area contributed by atoms with E-state index in [1.165, 1.54) is 0 Å². The first-order valence-corrected chi connectivity index (χ1v) is 8.60. The molecule has 6 nitrogen and oxygen atoms in total. The Hall–Kier alpha value is -2.37. The average molecular weight is 330 g/mol. The number of aromatic nitrogens is 3. The summed E-state index contributed by atoms with van der Waals surface area (Å²) in [6, 6.07) is 9.76. The zero-order valence-corrected chi connectivity index (χ0v) is 14.8. The maximum Gasteiger partial charge on any atom is 0.410 e. The standard InChI is InChI=1S/C16H20N4O2.C2H6/c1-12(2)22-16(21)19-10-6-9-15(19)14-11-20(18-17-14)13-7-4-3-5-8-13;1-2/h3-5,7-8,11-12,15H,6,9-10H2,1-2H3;1-2H3/t15-;/m0./s1. The molecule has 1 fully saturated rings. The van der Waals surface area contributed by atoms with Gasteiger partial charge in [-0.05, 0) is 38.8 Å². The molecule has 2 heterocycles. The minimum atomic E-state index is -0.272. The molecule has 0 bridgehead atoms. The van der Waals surface area contributed by atoms with Gasteiger partial charge in [0, 0.05) is 6.54 Å². The highest BCUT2D eigenvalue weighted by atomic mass is 16.6. The number of ether oxygens (including phenoxy) is 1. The number of benzene rings is 1. The number of amides is 1. The van der Waals surface area contributed by atoms with E-state index in [1.54, 1.807) is 9.58 Å². The molecule has 1 aliphatic heterocycles. The van der Waals surface area contributed by atoms with Gasteiger partial charge in [-0.25, -0.2) is 9.48 Å². The Morgan fingerprint density at radius 2 is 1.96 bits per heavy atom. The summed E-state index contributed by atoms with van der Waals surface area (Å²) in [5, 5.41) is 8.42. The van der Waals surface area contributed by atoms with E-state index in [0.717, 1.165) is 24.2 Å². The largest absolute Gasteiger partial charge is 0.447 e. The Morgan fingerprint density at radius 3 is 2.62 bits per heavy atom. The Bertz CT molecular complexity index is 639. The van der Waals surface area contributed by atoms with Crippen LogP contribution in [-0.2, 0) is 4.74 Å². The topological polar surface area (TPSA) is 60.2 Å². The maximum absolute atomic E-state index is 12.2. The van der Waals surface area contributed by atoms with Crippen molar-refractivity contribution in [1.29, 1.82) is 0 Å². The fraction of sp³-hybridized carbons (Fsp3) is 0.500. The first-order valence-electron chi connectivity index (χ1n) is 8.60. The summed E-state index contributed by atoms with van der Waals surface area (Å²) in [4.78, 5) is 13.9. The van der Waals surface area contributed by atoms with Crippen molar-refractivity contribution >= 4 is 6.09 Å². The second-order valence-corrected chi connectivity index (χ2v) is 5.71. The summed E-state index contributed by atoms with van der Waals surface area (Å²) in [6.07, 6.45) is 3.35. The van der Waals surface area contributed by atoms with Crippen LogP contribution in [0.25, 0.3) is 5.69 Å². The van der Waals surface area contributed by atoms with Crippen LogP contribution in [-0.4, -0.2) is 38.6 Å². The van der Waals surface area contributed by atoms with Crippen molar-refractivity contribution in [3.8, 4) is 5.69 Å². The lowest BCUT2D eigenvalue weighted by Crippen LogP contribution is -2.32. The van der Waals surface area contributed by atoms with Crippen LogP contribution in [0.2, 0.25) is 0 Å². The smallest absolute Gasteiger partial charge is 0.410 e. The molecular formula is C18H26N4O2. The molecular weight excluding hydrogens is 304 g/mol. The molecule has 1 aromatic heterocycles. The van der Waals surface area contributed by atoms with Gasteiger partial charge in [-0.2, -0.15) is 0 Å². The van der Waals surface area contributed by atoms with Crippen LogP contribution in [0.5, 0.6) is 0 Å². The molecule has 1 saturated heterocycles. The van der Waals surface area contributed by atoms with Crippen molar-refractivity contribution in [3.05, 3.63) is 42.2 Å². The highest BCUT2D eigenvalue weighted by Gasteiger charge is 2.33. The van der Waals surface area contributed by atoms with Gasteiger partial charge >= 0.3 is 6.09 Å². The van der Waals surface area contributed by atoms with Gasteiger partial charge in [0.05, 0.1) is 24.0 Å². The summed E-state index contributed by atoms with van der Waals surface area (Å²) in [5.41, 5.74) is 1.76. The summed E-state index contributed by atoms with van der Waals surface area (Å²) in [7, 11) is 0. The second kappa shape index (κ2) is 8.47. The van der Waals surface area contributed by atoms with Gasteiger partial charge in [0.15, 0.2) is 0 Å². The molecule has 1 aliphatic rings. The number of para-hydroxylation sites is 1. The number of hydrogen-bond acceptors (Lipinski definition) is 4. The van der Waals surface area contributed by atoms with Gasteiger partial charge in [-0.3, -0.25) is 4.90 Å². The highest BCUT2D eigenvalue weighted by Crippen LogP contribution is 2.31. The zero-order chi connectivity index (χ0) is 17.5. The number of carbonyl (C=O) groups is 1. The molecule has 130 valence electrons. The van der Waals surface area contributed by atoms with E-state index in [4.69, 9.17) is 4.74 Å². The number of rotatable bonds is 3. The van der Waals surface area contributed by atoms with Crippen LogP contribution < -0.4 is 0 Å². The van der Waals surface area contributed by atoms with Crippen LogP contribution in [0.4, 0.5) is 4.79 Å². The summed E-state index contributed by atoms with van der Waals surface area (Å²) in [6.45, 7) is 8.41. The van der Waals surface area contributed by atoms with E-state index < -0.39 is 0 Å². The van der Waals surface area contributed by atoms with Gasteiger partial charge in [-0.1, -0.05) is 37.3 Å². The quantitative estimate of drug-likeness (QED) is 0.854. The fourth-order valence-corrected chi connectivity index (χ4v) is 2.70. The van der Waals surface area contributed by atoms with Gasteiger partial charge in [0.2, 0.25) is 0 Å². The number of nitrogens with zero attached hydrogens (tertiary/aromatic N) is 4. The first-order chi connectivity index (χ1) is 11.6. The summed E-state index contributed by atoms with van der Waals surface area (Å²) >= 11 is 0. The lowest BCUT2D eigenvalue weighted by atomic mass is 10.2. The molecule has 0 saturated carbocycles. The molecule has 0 aliphatic carbocycles. The predicted molar refractivity (Wildman–Crippen MR) is 93.0 cm³/mol. The molecule has 0 N–H and O–H groups in total. The van der Waals surface area contributed by atoms with Crippen molar-refractivity contribution in [2.45, 2.75) is 52.7 Å². The highest BCUT2D eigenvalue weighted by molar-refractivity contribution is 5.68. The minimum absolute atomic E-state index is 0.0521. The molecule has 24 heavy (non-hydrogen) atoms. The fourth-order valence-electron chi connectivity index (χ4n) is 2.70. The Labute approximate surface area is 143 Å². The molecule has 0 radical (unpaired) electrons. The zero-order valence-electron chi connectivity index (χ0n) is 14.8. The van der Waals surface area contributed by atoms with E-state index in [1.807, 2.05) is 64.2 Å². The third-order valence-electron chi connectivity index (χ3n) is 3.70. The average Bonchev–Trinajstić information content (AvgIpc) is 3.26. The van der Waals surface area contributed by atoms with Crippen molar-refractivity contribution in [3.63, 3.8) is 0 Å². The molecule has 6 heteroatoms. The van der Waals surface area contributed by atoms with Crippen molar-refractivity contribution in [2.24, 2.45) is 0 Å². The van der Waals surface area contributed by atoms with Crippen molar-refractivity contribution in [2.75, 3.05) is 6.54 Å². The third-order valence-corrected chi connectivity index (χ3v) is 3.70. The van der Waals surface area contributed by atoms with Gasteiger partial charge in [-0.15, -0.1) is 5.10 Å². The van der Waals surface area contributed by atoms with E-state index in [2.05, 4.69) is 10.3 Å². The van der Waals surface area contributed by atoms with Gasteiger partial charge in [0.25, 0.3) is 0 Å². The van der Waals surface area contributed by atoms with Gasteiger partial charge < -0.3 is 4.74 Å². The number of likely N-dealkylation sites (tertiary alicyclic amines) is 1. The molecule has 1 amide bonds. The Morgan fingerprint density at radius 1 is 1.25 bits per heavy atom. The van der Waals surface area contributed by atoms with Crippen molar-refractivity contribution < 1.29 is 9.53 Å². The Kier molecular flexibility index (Phi) is 6.35. The minimum Gasteiger partial charge on any atom is -0.447 e. The maximum atomic E-state index is 12.2. The van der Waals surface area contributed by atoms with E-state index >= 15 is 0 Å². The molecule has 3 rings (SSSR count). The predicted octanol–water partition coefficient (Wildman–Crippen LogP) is 3.98. The normalized spacial score (nSPS) is 16.7. The van der Waals surface area contributed by atoms with Gasteiger partial charge in [0.1, 0.15) is 5.69 Å². The summed E-state index contributed by atoms with van der Waals surface area (Å²) in [5.74, 6) is 0. The van der Waals surface area contributed by atoms with Crippen LogP contribution in [0.3, 0.4) is 0 Å². The number of carbonyl (C=O) groups excluding carboxylic acids is 1. The molecule has 0 unspecified atom stereocenters. The molecule has 0 spiro atoms. The van der Waals surface area contributed by atoms with E-state index in [-0.39, 0.29) is 18.2 Å². The van der Waals surface area contributed by atoms with E-state index in [9.17, 15) is 4.79 Å². The Balaban J connectivity index is 0.00000100. The van der Waals surface area contributed by atoms with Crippen LogP contribution >= 0.6 is 0 Å². The second-order valence-electron chi connectivity index (χ2n) is 5.71. The van der Waals surface area contributed by atoms with Crippen LogP contribution in [0.15, 0.2) is 36.5 Å². The van der Waals surface area contributed by atoms with E-state index in [0.29, 0.717) is 6.54 Å². The molecule has 2 aromatic rings. The molecule has 1 aromatic carbocycles. The lowest BCUT2D eigenvalue weighted by molar-refractivity contribution is 0.0726. The number of hydrogen-bond donors (Lipinski definition) is 0. The summed E-state index contributed by atoms with van der Waals surface area (Å²) < 4.78 is 7.05. The van der Waals surface area contributed by atoms with Crippen molar-refractivity contribution in [1.82, 2.24) is 19.9 Å². The van der Waals surface area contributed by atoms with Crippen LogP contribution in [0, 0.1) is 0 Å². The first kappa shape index (κ1) is 18.0. The SMILES string of the molecule is CC.CC(C)OC(=O)N1CCC[C@H]1c1cn(-c2ccccc2)nn1. The van der Waals surface area contributed by atoms with Crippen LogP contribution in [0.1, 0.15) is 52.3 Å². The lowest BCUT2D eigenvalue weighted by Gasteiger charge is -2.23. The monoisotopic (exact) mass is 330 g/mol. The molecule has 1 atom stereocenters.